The maximum Gasteiger partial charge on any atom is 0.335 e. The van der Waals surface area contributed by atoms with Crippen LogP contribution in [0.25, 0.3) is 0 Å². The SMILES string of the molecule is O=C(Nc1ccccn1)NS(=O)(=O)N1CCNCC1. The van der Waals surface area contributed by atoms with Gasteiger partial charge >= 0.3 is 16.2 Å². The predicted molar refractivity (Wildman–Crippen MR) is 69.8 cm³/mol. The molecule has 0 saturated carbocycles. The zero-order valence-electron chi connectivity index (χ0n) is 10.2. The molecule has 1 aliphatic rings. The lowest BCUT2D eigenvalue weighted by Gasteiger charge is -2.26. The van der Waals surface area contributed by atoms with Crippen molar-refractivity contribution in [1.29, 1.82) is 0 Å². The van der Waals surface area contributed by atoms with Gasteiger partial charge in [-0.2, -0.15) is 12.7 Å². The Morgan fingerprint density at radius 1 is 1.32 bits per heavy atom. The fourth-order valence-corrected chi connectivity index (χ4v) is 2.72. The summed E-state index contributed by atoms with van der Waals surface area (Å²) in [5.41, 5.74) is 0. The molecule has 0 unspecified atom stereocenters. The lowest BCUT2D eigenvalue weighted by molar-refractivity contribution is 0.255. The predicted octanol–water partition coefficient (Wildman–Crippen LogP) is -0.647. The minimum Gasteiger partial charge on any atom is -0.314 e. The summed E-state index contributed by atoms with van der Waals surface area (Å²) in [6.07, 6.45) is 1.50. The van der Waals surface area contributed by atoms with Gasteiger partial charge in [-0.05, 0) is 12.1 Å². The van der Waals surface area contributed by atoms with Gasteiger partial charge in [0.25, 0.3) is 0 Å². The maximum absolute atomic E-state index is 11.9. The molecule has 9 heteroatoms. The van der Waals surface area contributed by atoms with Crippen molar-refractivity contribution in [2.24, 2.45) is 0 Å². The first-order chi connectivity index (χ1) is 9.08. The summed E-state index contributed by atoms with van der Waals surface area (Å²) in [7, 11) is -3.80. The second kappa shape index (κ2) is 5.95. The van der Waals surface area contributed by atoms with Crippen LogP contribution >= 0.6 is 0 Å². The van der Waals surface area contributed by atoms with E-state index in [0.717, 1.165) is 0 Å². The van der Waals surface area contributed by atoms with Gasteiger partial charge in [0, 0.05) is 32.4 Å². The number of piperazine rings is 1. The second-order valence-corrected chi connectivity index (χ2v) is 5.60. The minimum absolute atomic E-state index is 0.288. The van der Waals surface area contributed by atoms with Gasteiger partial charge in [-0.3, -0.25) is 5.32 Å². The molecule has 1 fully saturated rings. The van der Waals surface area contributed by atoms with Gasteiger partial charge in [-0.1, -0.05) is 6.07 Å². The highest BCUT2D eigenvalue weighted by Gasteiger charge is 2.25. The number of hydrogen-bond acceptors (Lipinski definition) is 5. The quantitative estimate of drug-likeness (QED) is 0.685. The molecule has 1 aromatic rings. The van der Waals surface area contributed by atoms with Crippen LogP contribution in [0.5, 0.6) is 0 Å². The Morgan fingerprint density at radius 3 is 2.68 bits per heavy atom. The van der Waals surface area contributed by atoms with Crippen molar-refractivity contribution in [3.8, 4) is 0 Å². The van der Waals surface area contributed by atoms with Crippen molar-refractivity contribution in [2.45, 2.75) is 0 Å². The summed E-state index contributed by atoms with van der Waals surface area (Å²) in [5.74, 6) is 0.288. The Hall–Kier alpha value is -1.71. The zero-order chi connectivity index (χ0) is 13.7. The molecule has 2 rings (SSSR count). The van der Waals surface area contributed by atoms with Crippen LogP contribution in [0.15, 0.2) is 24.4 Å². The normalized spacial score (nSPS) is 16.8. The third-order valence-electron chi connectivity index (χ3n) is 2.54. The zero-order valence-corrected chi connectivity index (χ0v) is 11.0. The molecule has 104 valence electrons. The van der Waals surface area contributed by atoms with E-state index in [-0.39, 0.29) is 5.82 Å². The molecule has 0 radical (unpaired) electrons. The molecule has 2 heterocycles. The number of hydrogen-bond donors (Lipinski definition) is 3. The number of nitrogens with zero attached hydrogens (tertiary/aromatic N) is 2. The Morgan fingerprint density at radius 2 is 2.05 bits per heavy atom. The van der Waals surface area contributed by atoms with Crippen molar-refractivity contribution >= 4 is 22.1 Å². The third kappa shape index (κ3) is 3.88. The van der Waals surface area contributed by atoms with E-state index in [1.165, 1.54) is 10.5 Å². The molecule has 0 aromatic carbocycles. The molecule has 8 nitrogen and oxygen atoms in total. The number of nitrogens with one attached hydrogen (secondary N) is 3. The van der Waals surface area contributed by atoms with Crippen molar-refractivity contribution in [2.75, 3.05) is 31.5 Å². The van der Waals surface area contributed by atoms with E-state index in [9.17, 15) is 13.2 Å². The number of aromatic nitrogens is 1. The molecule has 0 spiro atoms. The number of anilines is 1. The third-order valence-corrected chi connectivity index (χ3v) is 4.03. The molecular formula is C10H15N5O3S. The molecule has 3 N–H and O–H groups in total. The molecule has 1 saturated heterocycles. The number of pyridine rings is 1. The summed E-state index contributed by atoms with van der Waals surface area (Å²) < 4.78 is 27.0. The first-order valence-electron chi connectivity index (χ1n) is 5.78. The maximum atomic E-state index is 11.9. The number of carbonyl (C=O) groups excluding carboxylic acids is 1. The van der Waals surface area contributed by atoms with Crippen LogP contribution in [-0.4, -0.2) is 49.9 Å². The summed E-state index contributed by atoms with van der Waals surface area (Å²) in [6.45, 7) is 1.82. The molecule has 1 aromatic heterocycles. The van der Waals surface area contributed by atoms with Crippen LogP contribution in [0.2, 0.25) is 0 Å². The number of urea groups is 1. The molecule has 0 bridgehead atoms. The highest BCUT2D eigenvalue weighted by atomic mass is 32.2. The van der Waals surface area contributed by atoms with E-state index in [1.807, 2.05) is 4.72 Å². The van der Waals surface area contributed by atoms with Crippen LogP contribution in [0.4, 0.5) is 10.6 Å². The average Bonchev–Trinajstić information content (AvgIpc) is 2.40. The van der Waals surface area contributed by atoms with Crippen LogP contribution in [0, 0.1) is 0 Å². The van der Waals surface area contributed by atoms with Crippen LogP contribution < -0.4 is 15.4 Å². The van der Waals surface area contributed by atoms with Gasteiger partial charge in [-0.25, -0.2) is 14.5 Å². The highest BCUT2D eigenvalue weighted by Crippen LogP contribution is 2.02. The lowest BCUT2D eigenvalue weighted by atomic mass is 10.4. The Labute approximate surface area is 111 Å². The molecule has 2 amide bonds. The smallest absolute Gasteiger partial charge is 0.314 e. The summed E-state index contributed by atoms with van der Waals surface area (Å²) in [6, 6.07) is 4.13. The molecular weight excluding hydrogens is 270 g/mol. The van der Waals surface area contributed by atoms with E-state index >= 15 is 0 Å². The van der Waals surface area contributed by atoms with E-state index in [4.69, 9.17) is 0 Å². The summed E-state index contributed by atoms with van der Waals surface area (Å²) in [4.78, 5) is 15.5. The Bertz CT molecular complexity index is 527. The first-order valence-corrected chi connectivity index (χ1v) is 7.22. The van der Waals surface area contributed by atoms with E-state index in [1.54, 1.807) is 18.2 Å². The monoisotopic (exact) mass is 285 g/mol. The number of carbonyl (C=O) groups is 1. The molecule has 1 aliphatic heterocycles. The van der Waals surface area contributed by atoms with Crippen molar-refractivity contribution < 1.29 is 13.2 Å². The summed E-state index contributed by atoms with van der Waals surface area (Å²) >= 11 is 0. The first kappa shape index (κ1) is 13.7. The highest BCUT2D eigenvalue weighted by molar-refractivity contribution is 7.87. The summed E-state index contributed by atoms with van der Waals surface area (Å²) in [5, 5.41) is 5.39. The lowest BCUT2D eigenvalue weighted by Crippen LogP contribution is -2.52. The van der Waals surface area contributed by atoms with Gasteiger partial charge in [0.2, 0.25) is 0 Å². The Balaban J connectivity index is 1.94. The van der Waals surface area contributed by atoms with Gasteiger partial charge in [0.05, 0.1) is 0 Å². The molecule has 19 heavy (non-hydrogen) atoms. The fourth-order valence-electron chi connectivity index (χ4n) is 1.64. The van der Waals surface area contributed by atoms with Crippen LogP contribution in [0.3, 0.4) is 0 Å². The average molecular weight is 285 g/mol. The molecule has 0 atom stereocenters. The van der Waals surface area contributed by atoms with Gasteiger partial charge < -0.3 is 5.32 Å². The molecule has 0 aliphatic carbocycles. The topological polar surface area (TPSA) is 103 Å². The standard InChI is InChI=1S/C10H15N5O3S/c16-10(13-9-3-1-2-4-12-9)14-19(17,18)15-7-5-11-6-8-15/h1-4,11H,5-8H2,(H2,12,13,14,16). The second-order valence-electron chi connectivity index (χ2n) is 3.93. The van der Waals surface area contributed by atoms with Gasteiger partial charge in [0.15, 0.2) is 0 Å². The van der Waals surface area contributed by atoms with Gasteiger partial charge in [0.1, 0.15) is 5.82 Å². The van der Waals surface area contributed by atoms with Gasteiger partial charge in [-0.15, -0.1) is 0 Å². The van der Waals surface area contributed by atoms with Crippen molar-refractivity contribution in [1.82, 2.24) is 19.3 Å². The van der Waals surface area contributed by atoms with Crippen molar-refractivity contribution in [3.05, 3.63) is 24.4 Å². The minimum atomic E-state index is -3.80. The number of amides is 2. The van der Waals surface area contributed by atoms with Crippen molar-refractivity contribution in [3.63, 3.8) is 0 Å². The van der Waals surface area contributed by atoms with Crippen LogP contribution in [0.1, 0.15) is 0 Å². The van der Waals surface area contributed by atoms with E-state index < -0.39 is 16.2 Å². The Kier molecular flexibility index (Phi) is 4.30. The van der Waals surface area contributed by atoms with E-state index in [0.29, 0.717) is 26.2 Å². The van der Waals surface area contributed by atoms with E-state index in [2.05, 4.69) is 15.6 Å². The largest absolute Gasteiger partial charge is 0.335 e. The fraction of sp³-hybridized carbons (Fsp3) is 0.400. The number of rotatable bonds is 3. The van der Waals surface area contributed by atoms with Crippen LogP contribution in [-0.2, 0) is 10.2 Å².